The van der Waals surface area contributed by atoms with E-state index in [1.165, 1.54) is 4.80 Å². The summed E-state index contributed by atoms with van der Waals surface area (Å²) in [5.74, 6) is 0.562. The van der Waals surface area contributed by atoms with E-state index >= 15 is 0 Å². The highest BCUT2D eigenvalue weighted by molar-refractivity contribution is 14.1. The Bertz CT molecular complexity index is 717. The van der Waals surface area contributed by atoms with Gasteiger partial charge in [0.15, 0.2) is 0 Å². The number of tetrazole rings is 1. The zero-order chi connectivity index (χ0) is 13.4. The molecule has 2 aromatic heterocycles. The summed E-state index contributed by atoms with van der Waals surface area (Å²) < 4.78 is 2.73. The van der Waals surface area contributed by atoms with Gasteiger partial charge in [-0.2, -0.15) is 9.90 Å². The van der Waals surface area contributed by atoms with Crippen LogP contribution in [0, 0.1) is 3.70 Å². The summed E-state index contributed by atoms with van der Waals surface area (Å²) >= 11 is 8.09. The maximum absolute atomic E-state index is 5.88. The fourth-order valence-electron chi connectivity index (χ4n) is 1.64. The molecule has 0 fully saturated rings. The lowest BCUT2D eigenvalue weighted by Crippen LogP contribution is -1.98. The monoisotopic (exact) mass is 386 g/mol. The molecule has 0 saturated carbocycles. The van der Waals surface area contributed by atoms with E-state index in [1.54, 1.807) is 13.2 Å². The molecular formula is C11H8ClIN6. The summed E-state index contributed by atoms with van der Waals surface area (Å²) in [6.07, 6.45) is 1.73. The topological polar surface area (TPSA) is 61.4 Å². The Hall–Kier alpha value is -1.48. The first kappa shape index (κ1) is 12.5. The molecule has 0 saturated heterocycles. The minimum atomic E-state index is 0.562. The number of benzene rings is 1. The Morgan fingerprint density at radius 2 is 1.95 bits per heavy atom. The van der Waals surface area contributed by atoms with E-state index in [-0.39, 0.29) is 0 Å². The summed E-state index contributed by atoms with van der Waals surface area (Å²) in [6.45, 7) is 0. The van der Waals surface area contributed by atoms with Crippen LogP contribution in [0.5, 0.6) is 0 Å². The molecule has 0 spiro atoms. The Balaban J connectivity index is 2.06. The van der Waals surface area contributed by atoms with E-state index in [1.807, 2.05) is 28.9 Å². The third kappa shape index (κ3) is 2.35. The molecule has 0 radical (unpaired) electrons. The van der Waals surface area contributed by atoms with E-state index in [2.05, 4.69) is 43.1 Å². The lowest BCUT2D eigenvalue weighted by molar-refractivity contribution is 0.630. The molecule has 19 heavy (non-hydrogen) atoms. The second-order valence-electron chi connectivity index (χ2n) is 3.84. The standard InChI is InChI=1S/C11H8ClIN6/c1-18-16-11(15-17-18)9-6-14-19(10(9)13)8-4-2-7(12)3-5-8/h2-6H,1H3. The van der Waals surface area contributed by atoms with Gasteiger partial charge in [0, 0.05) is 5.02 Å². The maximum atomic E-state index is 5.88. The predicted octanol–water partition coefficient (Wildman–Crippen LogP) is 2.32. The molecule has 8 heteroatoms. The minimum Gasteiger partial charge on any atom is -0.227 e. The van der Waals surface area contributed by atoms with Crippen molar-refractivity contribution in [2.45, 2.75) is 0 Å². The highest BCUT2D eigenvalue weighted by Crippen LogP contribution is 2.24. The number of aryl methyl sites for hydroxylation is 1. The van der Waals surface area contributed by atoms with Crippen molar-refractivity contribution < 1.29 is 0 Å². The largest absolute Gasteiger partial charge is 0.227 e. The zero-order valence-electron chi connectivity index (χ0n) is 9.83. The second-order valence-corrected chi connectivity index (χ2v) is 5.30. The molecule has 0 amide bonds. The van der Waals surface area contributed by atoms with Crippen molar-refractivity contribution in [1.82, 2.24) is 30.0 Å². The molecule has 2 heterocycles. The predicted molar refractivity (Wildman–Crippen MR) is 79.1 cm³/mol. The van der Waals surface area contributed by atoms with Crippen LogP contribution in [0.25, 0.3) is 17.1 Å². The van der Waals surface area contributed by atoms with Gasteiger partial charge in [0.2, 0.25) is 5.82 Å². The molecule has 96 valence electrons. The van der Waals surface area contributed by atoms with Gasteiger partial charge < -0.3 is 0 Å². The molecular weight excluding hydrogens is 379 g/mol. The summed E-state index contributed by atoms with van der Waals surface area (Å²) in [7, 11) is 1.73. The summed E-state index contributed by atoms with van der Waals surface area (Å²) in [5, 5.41) is 17.0. The SMILES string of the molecule is Cn1nnc(-c2cnn(-c3ccc(Cl)cc3)c2I)n1. The first-order chi connectivity index (χ1) is 9.15. The summed E-state index contributed by atoms with van der Waals surface area (Å²) in [5.41, 5.74) is 1.78. The number of hydrogen-bond acceptors (Lipinski definition) is 4. The van der Waals surface area contributed by atoms with Gasteiger partial charge in [0.1, 0.15) is 3.70 Å². The van der Waals surface area contributed by atoms with Crippen molar-refractivity contribution in [1.29, 1.82) is 0 Å². The normalized spacial score (nSPS) is 10.9. The summed E-state index contributed by atoms with van der Waals surface area (Å²) in [4.78, 5) is 1.42. The molecule has 1 aromatic carbocycles. The van der Waals surface area contributed by atoms with Crippen molar-refractivity contribution in [3.8, 4) is 17.1 Å². The van der Waals surface area contributed by atoms with Crippen molar-refractivity contribution in [3.05, 3.63) is 39.2 Å². The van der Waals surface area contributed by atoms with Gasteiger partial charge in [0.05, 0.1) is 24.5 Å². The van der Waals surface area contributed by atoms with Gasteiger partial charge in [-0.05, 0) is 52.1 Å². The molecule has 0 bridgehead atoms. The molecule has 0 aliphatic heterocycles. The van der Waals surface area contributed by atoms with Gasteiger partial charge >= 0.3 is 0 Å². The van der Waals surface area contributed by atoms with Crippen LogP contribution < -0.4 is 0 Å². The van der Waals surface area contributed by atoms with Crippen molar-refractivity contribution >= 4 is 34.2 Å². The highest BCUT2D eigenvalue weighted by atomic mass is 127. The Labute approximate surface area is 127 Å². The molecule has 3 aromatic rings. The minimum absolute atomic E-state index is 0.562. The van der Waals surface area contributed by atoms with Crippen LogP contribution in [0.4, 0.5) is 0 Å². The van der Waals surface area contributed by atoms with Crippen LogP contribution in [0.15, 0.2) is 30.5 Å². The average molecular weight is 387 g/mol. The maximum Gasteiger partial charge on any atom is 0.209 e. The van der Waals surface area contributed by atoms with Gasteiger partial charge in [0.25, 0.3) is 0 Å². The summed E-state index contributed by atoms with van der Waals surface area (Å²) in [6, 6.07) is 7.47. The molecule has 0 atom stereocenters. The molecule has 0 aliphatic rings. The highest BCUT2D eigenvalue weighted by Gasteiger charge is 2.15. The molecule has 3 rings (SSSR count). The fourth-order valence-corrected chi connectivity index (χ4v) is 2.55. The average Bonchev–Trinajstić information content (AvgIpc) is 2.97. The lowest BCUT2D eigenvalue weighted by atomic mass is 10.3. The van der Waals surface area contributed by atoms with Crippen LogP contribution in [0.3, 0.4) is 0 Å². The van der Waals surface area contributed by atoms with E-state index in [9.17, 15) is 0 Å². The van der Waals surface area contributed by atoms with Crippen molar-refractivity contribution in [2.24, 2.45) is 7.05 Å². The Morgan fingerprint density at radius 3 is 2.58 bits per heavy atom. The van der Waals surface area contributed by atoms with E-state index in [0.717, 1.165) is 15.0 Å². The van der Waals surface area contributed by atoms with Crippen LogP contribution in [0.1, 0.15) is 0 Å². The third-order valence-corrected chi connectivity index (χ3v) is 3.82. The molecule has 0 N–H and O–H groups in total. The van der Waals surface area contributed by atoms with Crippen molar-refractivity contribution in [2.75, 3.05) is 0 Å². The van der Waals surface area contributed by atoms with Crippen LogP contribution in [0.2, 0.25) is 5.02 Å². The van der Waals surface area contributed by atoms with Gasteiger partial charge in [-0.15, -0.1) is 10.2 Å². The van der Waals surface area contributed by atoms with E-state index in [4.69, 9.17) is 11.6 Å². The van der Waals surface area contributed by atoms with Gasteiger partial charge in [-0.1, -0.05) is 11.6 Å². The van der Waals surface area contributed by atoms with Crippen LogP contribution in [-0.2, 0) is 7.05 Å². The number of rotatable bonds is 2. The first-order valence-electron chi connectivity index (χ1n) is 5.39. The number of aromatic nitrogens is 6. The van der Waals surface area contributed by atoms with E-state index < -0.39 is 0 Å². The van der Waals surface area contributed by atoms with Crippen LogP contribution in [-0.4, -0.2) is 30.0 Å². The molecule has 0 unspecified atom stereocenters. The lowest BCUT2D eigenvalue weighted by Gasteiger charge is -2.03. The third-order valence-electron chi connectivity index (χ3n) is 2.53. The number of hydrogen-bond donors (Lipinski definition) is 0. The van der Waals surface area contributed by atoms with Crippen LogP contribution >= 0.6 is 34.2 Å². The quantitative estimate of drug-likeness (QED) is 0.634. The zero-order valence-corrected chi connectivity index (χ0v) is 12.7. The second kappa shape index (κ2) is 4.89. The smallest absolute Gasteiger partial charge is 0.209 e. The Morgan fingerprint density at radius 1 is 1.21 bits per heavy atom. The van der Waals surface area contributed by atoms with Crippen molar-refractivity contribution in [3.63, 3.8) is 0 Å². The van der Waals surface area contributed by atoms with Gasteiger partial charge in [-0.3, -0.25) is 0 Å². The Kier molecular flexibility index (Phi) is 3.23. The van der Waals surface area contributed by atoms with Gasteiger partial charge in [-0.25, -0.2) is 4.68 Å². The van der Waals surface area contributed by atoms with E-state index in [0.29, 0.717) is 10.8 Å². The number of halogens is 2. The first-order valence-corrected chi connectivity index (χ1v) is 6.84. The number of nitrogens with zero attached hydrogens (tertiary/aromatic N) is 6. The fraction of sp³-hybridized carbons (Fsp3) is 0.0909. The molecule has 0 aliphatic carbocycles. The molecule has 6 nitrogen and oxygen atoms in total.